The summed E-state index contributed by atoms with van der Waals surface area (Å²) in [6.45, 7) is 6.71. The van der Waals surface area contributed by atoms with Gasteiger partial charge in [0.25, 0.3) is 5.91 Å². The van der Waals surface area contributed by atoms with Gasteiger partial charge < -0.3 is 9.42 Å². The highest BCUT2D eigenvalue weighted by Gasteiger charge is 2.30. The van der Waals surface area contributed by atoms with Crippen LogP contribution in [0, 0.1) is 26.7 Å². The molecule has 0 saturated carbocycles. The number of rotatable bonds is 3. The molecule has 2 heterocycles. The van der Waals surface area contributed by atoms with Crippen LogP contribution in [0.5, 0.6) is 0 Å². The van der Waals surface area contributed by atoms with Crippen LogP contribution < -0.4 is 0 Å². The molecule has 1 aromatic carbocycles. The molecule has 0 atom stereocenters. The van der Waals surface area contributed by atoms with Crippen LogP contribution in [0.25, 0.3) is 0 Å². The molecule has 1 aliphatic rings. The average molecular weight is 326 g/mol. The average Bonchev–Trinajstić information content (AvgIpc) is 2.93. The van der Waals surface area contributed by atoms with Gasteiger partial charge in [-0.05, 0) is 33.6 Å². The monoisotopic (exact) mass is 326 g/mol. The SMILES string of the molecule is Cc1ccc(C(=O)C2CCN(C(=O)c3c(C)noc3C)CC2)cc1. The lowest BCUT2D eigenvalue weighted by Crippen LogP contribution is -2.40. The number of piperidine rings is 1. The molecule has 1 aliphatic heterocycles. The Morgan fingerprint density at radius 3 is 2.25 bits per heavy atom. The minimum atomic E-state index is -0.0486. The summed E-state index contributed by atoms with van der Waals surface area (Å²) in [5, 5.41) is 3.85. The summed E-state index contributed by atoms with van der Waals surface area (Å²) >= 11 is 0. The van der Waals surface area contributed by atoms with Gasteiger partial charge in [-0.2, -0.15) is 0 Å². The minimum absolute atomic E-state index is 0.0126. The Hall–Kier alpha value is -2.43. The van der Waals surface area contributed by atoms with Crippen LogP contribution in [0.3, 0.4) is 0 Å². The Labute approximate surface area is 141 Å². The number of likely N-dealkylation sites (tertiary alicyclic amines) is 1. The van der Waals surface area contributed by atoms with E-state index in [1.54, 1.807) is 18.7 Å². The summed E-state index contributed by atoms with van der Waals surface area (Å²) in [7, 11) is 0. The topological polar surface area (TPSA) is 63.4 Å². The fraction of sp³-hybridized carbons (Fsp3) is 0.421. The Kier molecular flexibility index (Phi) is 4.51. The first-order chi connectivity index (χ1) is 11.5. The van der Waals surface area contributed by atoms with Crippen molar-refractivity contribution in [3.8, 4) is 0 Å². The van der Waals surface area contributed by atoms with Crippen LogP contribution in [-0.4, -0.2) is 34.8 Å². The van der Waals surface area contributed by atoms with E-state index in [0.717, 1.165) is 11.1 Å². The molecule has 0 bridgehead atoms. The van der Waals surface area contributed by atoms with E-state index in [1.807, 2.05) is 31.2 Å². The smallest absolute Gasteiger partial charge is 0.259 e. The van der Waals surface area contributed by atoms with Crippen molar-refractivity contribution in [2.24, 2.45) is 5.92 Å². The highest BCUT2D eigenvalue weighted by atomic mass is 16.5. The molecule has 1 fully saturated rings. The molecule has 24 heavy (non-hydrogen) atoms. The number of benzene rings is 1. The minimum Gasteiger partial charge on any atom is -0.361 e. The molecule has 1 amide bonds. The molecule has 5 heteroatoms. The molecule has 0 aliphatic carbocycles. The van der Waals surface area contributed by atoms with Gasteiger partial charge in [0.1, 0.15) is 11.3 Å². The second-order valence-electron chi connectivity index (χ2n) is 6.50. The number of aromatic nitrogens is 1. The molecule has 1 saturated heterocycles. The summed E-state index contributed by atoms with van der Waals surface area (Å²) in [6, 6.07) is 7.70. The molecular formula is C19H22N2O3. The summed E-state index contributed by atoms with van der Waals surface area (Å²) in [4.78, 5) is 27.0. The van der Waals surface area contributed by atoms with Crippen molar-refractivity contribution in [3.63, 3.8) is 0 Å². The number of hydrogen-bond donors (Lipinski definition) is 0. The molecule has 2 aromatic rings. The molecule has 0 unspecified atom stereocenters. The molecule has 126 valence electrons. The first kappa shape index (κ1) is 16.4. The van der Waals surface area contributed by atoms with Crippen LogP contribution >= 0.6 is 0 Å². The van der Waals surface area contributed by atoms with Gasteiger partial charge in [0.05, 0.1) is 5.69 Å². The van der Waals surface area contributed by atoms with Gasteiger partial charge in [0.2, 0.25) is 0 Å². The van der Waals surface area contributed by atoms with Gasteiger partial charge in [0, 0.05) is 24.6 Å². The second-order valence-corrected chi connectivity index (χ2v) is 6.50. The predicted molar refractivity (Wildman–Crippen MR) is 90.1 cm³/mol. The number of hydrogen-bond acceptors (Lipinski definition) is 4. The predicted octanol–water partition coefficient (Wildman–Crippen LogP) is 3.33. The standard InChI is InChI=1S/C19H22N2O3/c1-12-4-6-15(7-5-12)18(22)16-8-10-21(11-9-16)19(23)17-13(2)20-24-14(17)3/h4-7,16H,8-11H2,1-3H3. The zero-order valence-corrected chi connectivity index (χ0v) is 14.3. The van der Waals surface area contributed by atoms with E-state index in [2.05, 4.69) is 5.16 Å². The number of aryl methyl sites for hydroxylation is 3. The van der Waals surface area contributed by atoms with Crippen molar-refractivity contribution in [2.45, 2.75) is 33.6 Å². The first-order valence-electron chi connectivity index (χ1n) is 8.30. The van der Waals surface area contributed by atoms with Crippen LogP contribution in [-0.2, 0) is 0 Å². The Bertz CT molecular complexity index is 734. The maximum Gasteiger partial charge on any atom is 0.259 e. The maximum atomic E-state index is 12.6. The number of carbonyl (C=O) groups excluding carboxylic acids is 2. The Balaban J connectivity index is 1.64. The first-order valence-corrected chi connectivity index (χ1v) is 8.30. The highest BCUT2D eigenvalue weighted by molar-refractivity contribution is 5.99. The lowest BCUT2D eigenvalue weighted by molar-refractivity contribution is 0.0648. The summed E-state index contributed by atoms with van der Waals surface area (Å²) < 4.78 is 5.08. The largest absolute Gasteiger partial charge is 0.361 e. The van der Waals surface area contributed by atoms with Crippen LogP contribution in [0.2, 0.25) is 0 Å². The van der Waals surface area contributed by atoms with Gasteiger partial charge in [-0.15, -0.1) is 0 Å². The van der Waals surface area contributed by atoms with Crippen molar-refractivity contribution in [2.75, 3.05) is 13.1 Å². The number of nitrogens with zero attached hydrogens (tertiary/aromatic N) is 2. The van der Waals surface area contributed by atoms with Crippen LogP contribution in [0.1, 0.15) is 50.6 Å². The fourth-order valence-electron chi connectivity index (χ4n) is 3.24. The van der Waals surface area contributed by atoms with Gasteiger partial charge >= 0.3 is 0 Å². The van der Waals surface area contributed by atoms with Crippen molar-refractivity contribution in [1.29, 1.82) is 0 Å². The Morgan fingerprint density at radius 2 is 1.71 bits per heavy atom. The van der Waals surface area contributed by atoms with Crippen LogP contribution in [0.15, 0.2) is 28.8 Å². The van der Waals surface area contributed by atoms with E-state index in [1.165, 1.54) is 0 Å². The lowest BCUT2D eigenvalue weighted by Gasteiger charge is -2.31. The van der Waals surface area contributed by atoms with E-state index >= 15 is 0 Å². The fourth-order valence-corrected chi connectivity index (χ4v) is 3.24. The second kappa shape index (κ2) is 6.59. The van der Waals surface area contributed by atoms with Crippen molar-refractivity contribution in [3.05, 3.63) is 52.4 Å². The molecule has 3 rings (SSSR count). The summed E-state index contributed by atoms with van der Waals surface area (Å²) in [5.74, 6) is 0.670. The third-order valence-corrected chi connectivity index (χ3v) is 4.74. The summed E-state index contributed by atoms with van der Waals surface area (Å²) in [6.07, 6.45) is 1.39. The Morgan fingerprint density at radius 1 is 1.08 bits per heavy atom. The maximum absolute atomic E-state index is 12.6. The molecular weight excluding hydrogens is 304 g/mol. The zero-order chi connectivity index (χ0) is 17.3. The molecule has 0 N–H and O–H groups in total. The van der Waals surface area contributed by atoms with E-state index < -0.39 is 0 Å². The van der Waals surface area contributed by atoms with Crippen LogP contribution in [0.4, 0.5) is 0 Å². The molecule has 0 spiro atoms. The highest BCUT2D eigenvalue weighted by Crippen LogP contribution is 2.24. The molecule has 1 aromatic heterocycles. The number of carbonyl (C=O) groups is 2. The van der Waals surface area contributed by atoms with E-state index in [4.69, 9.17) is 4.52 Å². The zero-order valence-electron chi connectivity index (χ0n) is 14.3. The quantitative estimate of drug-likeness (QED) is 0.812. The number of amides is 1. The third-order valence-electron chi connectivity index (χ3n) is 4.74. The number of Topliss-reactive ketones (excluding diaryl/α,β-unsaturated/α-hetero) is 1. The lowest BCUT2D eigenvalue weighted by atomic mass is 9.88. The van der Waals surface area contributed by atoms with Gasteiger partial charge in [-0.3, -0.25) is 9.59 Å². The molecule has 0 radical (unpaired) electrons. The van der Waals surface area contributed by atoms with Gasteiger partial charge in [0.15, 0.2) is 5.78 Å². The van der Waals surface area contributed by atoms with E-state index in [9.17, 15) is 9.59 Å². The van der Waals surface area contributed by atoms with Crippen molar-refractivity contribution in [1.82, 2.24) is 10.1 Å². The third kappa shape index (κ3) is 3.11. The number of ketones is 1. The van der Waals surface area contributed by atoms with Gasteiger partial charge in [-0.1, -0.05) is 35.0 Å². The van der Waals surface area contributed by atoms with Crippen molar-refractivity contribution >= 4 is 11.7 Å². The van der Waals surface area contributed by atoms with Gasteiger partial charge in [-0.25, -0.2) is 0 Å². The van der Waals surface area contributed by atoms with E-state index in [-0.39, 0.29) is 17.6 Å². The normalized spacial score (nSPS) is 15.5. The van der Waals surface area contributed by atoms with Crippen molar-refractivity contribution < 1.29 is 14.1 Å². The summed E-state index contributed by atoms with van der Waals surface area (Å²) in [5.41, 5.74) is 3.08. The molecule has 5 nitrogen and oxygen atoms in total. The van der Waals surface area contributed by atoms with E-state index in [0.29, 0.717) is 42.9 Å².